The van der Waals surface area contributed by atoms with Gasteiger partial charge in [0.1, 0.15) is 0 Å². The second-order valence-electron chi connectivity index (χ2n) is 10.1. The Morgan fingerprint density at radius 3 is 2.57 bits per heavy atom. The van der Waals surface area contributed by atoms with Crippen molar-refractivity contribution in [3.63, 3.8) is 0 Å². The predicted molar refractivity (Wildman–Crippen MR) is 140 cm³/mol. The van der Waals surface area contributed by atoms with Gasteiger partial charge in [0.15, 0.2) is 0 Å². The van der Waals surface area contributed by atoms with Gasteiger partial charge in [0.25, 0.3) is 5.91 Å². The molecule has 3 aromatic rings. The molecule has 2 aliphatic rings. The fraction of sp³-hybridized carbons (Fsp3) is 0.310. The first-order valence-electron chi connectivity index (χ1n) is 12.3. The van der Waals surface area contributed by atoms with Crippen LogP contribution in [0.15, 0.2) is 78.9 Å². The number of benzene rings is 3. The Labute approximate surface area is 206 Å². The summed E-state index contributed by atoms with van der Waals surface area (Å²) < 4.78 is 0. The molecule has 2 aliphatic heterocycles. The van der Waals surface area contributed by atoms with E-state index in [0.29, 0.717) is 17.8 Å². The van der Waals surface area contributed by atoms with Crippen LogP contribution in [0.25, 0.3) is 0 Å². The summed E-state index contributed by atoms with van der Waals surface area (Å²) in [5.41, 5.74) is 4.60. The first kappa shape index (κ1) is 23.1. The number of amides is 3. The summed E-state index contributed by atoms with van der Waals surface area (Å²) in [6.07, 6.45) is 1.74. The van der Waals surface area contributed by atoms with Crippen molar-refractivity contribution in [2.75, 3.05) is 23.3 Å². The van der Waals surface area contributed by atoms with Crippen LogP contribution in [0.4, 0.5) is 16.2 Å². The number of carbonyl (C=O) groups is 2. The molecule has 0 radical (unpaired) electrons. The molecule has 0 aliphatic carbocycles. The summed E-state index contributed by atoms with van der Waals surface area (Å²) in [6.45, 7) is 6.77. The van der Waals surface area contributed by atoms with Crippen LogP contribution in [0.3, 0.4) is 0 Å². The van der Waals surface area contributed by atoms with Gasteiger partial charge in [-0.2, -0.15) is 0 Å². The highest BCUT2D eigenvalue weighted by atomic mass is 16.2. The summed E-state index contributed by atoms with van der Waals surface area (Å²) in [5, 5.41) is 6.05. The van der Waals surface area contributed by atoms with Gasteiger partial charge in [-0.05, 0) is 62.1 Å². The van der Waals surface area contributed by atoms with Crippen LogP contribution >= 0.6 is 0 Å². The summed E-state index contributed by atoms with van der Waals surface area (Å²) >= 11 is 0. The molecule has 1 unspecified atom stereocenters. The maximum Gasteiger partial charge on any atom is 0.319 e. The number of hydrogen-bond donors (Lipinski definition) is 2. The average molecular weight is 469 g/mol. The SMILES string of the molecule is CC1(C)CC(NC(=O)Nc2cccc(C(=O)N3CCc4ccccc43)c2)CN1Cc1ccccc1. The molecule has 1 fully saturated rings. The molecule has 6 nitrogen and oxygen atoms in total. The predicted octanol–water partition coefficient (Wildman–Crippen LogP) is 5.06. The van der Waals surface area contributed by atoms with E-state index in [1.165, 1.54) is 11.1 Å². The fourth-order valence-electron chi connectivity index (χ4n) is 5.28. The Bertz CT molecular complexity index is 1220. The largest absolute Gasteiger partial charge is 0.334 e. The second kappa shape index (κ2) is 9.55. The van der Waals surface area contributed by atoms with E-state index in [0.717, 1.165) is 31.6 Å². The highest BCUT2D eigenvalue weighted by Crippen LogP contribution is 2.31. The highest BCUT2D eigenvalue weighted by Gasteiger charge is 2.38. The molecule has 0 saturated carbocycles. The lowest BCUT2D eigenvalue weighted by Gasteiger charge is -2.31. The molecule has 0 spiro atoms. The Morgan fingerprint density at radius 2 is 1.74 bits per heavy atom. The van der Waals surface area contributed by atoms with Crippen molar-refractivity contribution in [2.24, 2.45) is 0 Å². The van der Waals surface area contributed by atoms with Gasteiger partial charge in [-0.25, -0.2) is 4.79 Å². The molecule has 2 N–H and O–H groups in total. The molecular weight excluding hydrogens is 436 g/mol. The van der Waals surface area contributed by atoms with E-state index < -0.39 is 0 Å². The van der Waals surface area contributed by atoms with Crippen molar-refractivity contribution < 1.29 is 9.59 Å². The number of nitrogens with one attached hydrogen (secondary N) is 2. The lowest BCUT2D eigenvalue weighted by molar-refractivity contribution is 0.0989. The molecule has 0 bridgehead atoms. The van der Waals surface area contributed by atoms with E-state index >= 15 is 0 Å². The molecule has 1 atom stereocenters. The summed E-state index contributed by atoms with van der Waals surface area (Å²) in [4.78, 5) is 30.2. The molecule has 6 heteroatoms. The zero-order chi connectivity index (χ0) is 24.4. The van der Waals surface area contributed by atoms with E-state index in [-0.39, 0.29) is 23.5 Å². The molecule has 5 rings (SSSR count). The Morgan fingerprint density at radius 1 is 0.971 bits per heavy atom. The third-order valence-corrected chi connectivity index (χ3v) is 7.09. The lowest BCUT2D eigenvalue weighted by Crippen LogP contribution is -2.39. The third-order valence-electron chi connectivity index (χ3n) is 7.09. The van der Waals surface area contributed by atoms with Gasteiger partial charge in [0, 0.05) is 48.2 Å². The Kier molecular flexibility index (Phi) is 6.31. The van der Waals surface area contributed by atoms with Crippen LogP contribution in [0, 0.1) is 0 Å². The molecule has 1 saturated heterocycles. The minimum Gasteiger partial charge on any atom is -0.334 e. The standard InChI is InChI=1S/C29H32N4O2/c1-29(2)18-25(20-32(29)19-21-9-4-3-5-10-21)31-28(35)30-24-13-8-12-23(17-24)27(34)33-16-15-22-11-6-7-14-26(22)33/h3-14,17,25H,15-16,18-20H2,1-2H3,(H2,30,31,35). The topological polar surface area (TPSA) is 64.7 Å². The van der Waals surface area contributed by atoms with E-state index in [1.807, 2.05) is 41.3 Å². The van der Waals surface area contributed by atoms with Crippen molar-refractivity contribution in [3.8, 4) is 0 Å². The van der Waals surface area contributed by atoms with E-state index in [1.54, 1.807) is 12.1 Å². The van der Waals surface area contributed by atoms with Crippen molar-refractivity contribution in [3.05, 3.63) is 95.6 Å². The minimum atomic E-state index is -0.247. The number of likely N-dealkylation sites (tertiary alicyclic amines) is 1. The van der Waals surface area contributed by atoms with Crippen LogP contribution in [-0.4, -0.2) is 41.5 Å². The molecule has 0 aromatic heterocycles. The normalized spacial score (nSPS) is 18.8. The number of anilines is 2. The van der Waals surface area contributed by atoms with E-state index in [2.05, 4.69) is 59.7 Å². The first-order valence-corrected chi connectivity index (χ1v) is 12.3. The number of rotatable bonds is 5. The first-order chi connectivity index (χ1) is 16.9. The smallest absolute Gasteiger partial charge is 0.319 e. The van der Waals surface area contributed by atoms with Crippen LogP contribution < -0.4 is 15.5 Å². The van der Waals surface area contributed by atoms with Gasteiger partial charge in [-0.15, -0.1) is 0 Å². The monoisotopic (exact) mass is 468 g/mol. The second-order valence-corrected chi connectivity index (χ2v) is 10.1. The fourth-order valence-corrected chi connectivity index (χ4v) is 5.28. The molecule has 3 amide bonds. The highest BCUT2D eigenvalue weighted by molar-refractivity contribution is 6.08. The van der Waals surface area contributed by atoms with Gasteiger partial charge in [-0.1, -0.05) is 54.6 Å². The number of urea groups is 1. The van der Waals surface area contributed by atoms with Crippen LogP contribution in [0.1, 0.15) is 41.8 Å². The van der Waals surface area contributed by atoms with E-state index in [4.69, 9.17) is 0 Å². The maximum atomic E-state index is 13.2. The zero-order valence-electron chi connectivity index (χ0n) is 20.3. The lowest BCUT2D eigenvalue weighted by atomic mass is 10.00. The third kappa shape index (κ3) is 5.08. The van der Waals surface area contributed by atoms with Gasteiger partial charge in [0.2, 0.25) is 0 Å². The number of para-hydroxylation sites is 1. The summed E-state index contributed by atoms with van der Waals surface area (Å²) in [5.74, 6) is -0.0481. The van der Waals surface area contributed by atoms with Gasteiger partial charge in [-0.3, -0.25) is 9.69 Å². The van der Waals surface area contributed by atoms with Gasteiger partial charge < -0.3 is 15.5 Å². The summed E-state index contributed by atoms with van der Waals surface area (Å²) in [6, 6.07) is 25.4. The number of hydrogen-bond acceptors (Lipinski definition) is 3. The van der Waals surface area contributed by atoms with E-state index in [9.17, 15) is 9.59 Å². The Balaban J connectivity index is 1.20. The molecule has 2 heterocycles. The Hall–Kier alpha value is -3.64. The average Bonchev–Trinajstić information content (AvgIpc) is 3.39. The number of fused-ring (bicyclic) bond motifs is 1. The maximum absolute atomic E-state index is 13.2. The van der Waals surface area contributed by atoms with Crippen molar-refractivity contribution in [2.45, 2.75) is 44.8 Å². The van der Waals surface area contributed by atoms with Crippen LogP contribution in [0.2, 0.25) is 0 Å². The van der Waals surface area contributed by atoms with Gasteiger partial charge in [0.05, 0.1) is 0 Å². The number of nitrogens with zero attached hydrogens (tertiary/aromatic N) is 2. The van der Waals surface area contributed by atoms with Crippen molar-refractivity contribution in [1.29, 1.82) is 0 Å². The molecular formula is C29H32N4O2. The number of carbonyl (C=O) groups excluding carboxylic acids is 2. The molecule has 35 heavy (non-hydrogen) atoms. The minimum absolute atomic E-state index is 0.00779. The quantitative estimate of drug-likeness (QED) is 0.550. The summed E-state index contributed by atoms with van der Waals surface area (Å²) in [7, 11) is 0. The van der Waals surface area contributed by atoms with Crippen molar-refractivity contribution in [1.82, 2.24) is 10.2 Å². The van der Waals surface area contributed by atoms with Crippen LogP contribution in [0.5, 0.6) is 0 Å². The molecule has 180 valence electrons. The van der Waals surface area contributed by atoms with Gasteiger partial charge >= 0.3 is 6.03 Å². The zero-order valence-corrected chi connectivity index (χ0v) is 20.3. The van der Waals surface area contributed by atoms with Crippen LogP contribution in [-0.2, 0) is 13.0 Å². The van der Waals surface area contributed by atoms with Crippen molar-refractivity contribution >= 4 is 23.3 Å². The molecule has 3 aromatic carbocycles.